The van der Waals surface area contributed by atoms with Crippen molar-refractivity contribution in [1.82, 2.24) is 4.90 Å². The van der Waals surface area contributed by atoms with Gasteiger partial charge in [0.2, 0.25) is 0 Å². The lowest BCUT2D eigenvalue weighted by atomic mass is 10.0. The highest BCUT2D eigenvalue weighted by molar-refractivity contribution is 5.83. The Morgan fingerprint density at radius 2 is 1.55 bits per heavy atom. The van der Waals surface area contributed by atoms with Crippen LogP contribution in [0.3, 0.4) is 0 Å². The maximum atomic E-state index is 9.77. The number of nitrogens with zero attached hydrogens (tertiary/aromatic N) is 1. The summed E-state index contributed by atoms with van der Waals surface area (Å²) in [6.45, 7) is 2.68. The van der Waals surface area contributed by atoms with Crippen molar-refractivity contribution in [3.8, 4) is 16.9 Å². The molecule has 1 aliphatic rings. The number of carboxylic acids is 2. The van der Waals surface area contributed by atoms with Crippen molar-refractivity contribution >= 4 is 18.0 Å². The van der Waals surface area contributed by atoms with E-state index in [4.69, 9.17) is 25.2 Å². The van der Waals surface area contributed by atoms with E-state index in [0.29, 0.717) is 0 Å². The van der Waals surface area contributed by atoms with Gasteiger partial charge in [0, 0.05) is 13.1 Å². The molecule has 210 valence electrons. The molecular formula is C32H35NO7. The topological polar surface area (TPSA) is 128 Å². The third-order valence-electron chi connectivity index (χ3n) is 6.21. The van der Waals surface area contributed by atoms with Gasteiger partial charge in [0.05, 0.1) is 6.61 Å². The molecular weight excluding hydrogens is 510 g/mol. The second-order valence-corrected chi connectivity index (χ2v) is 9.43. The molecule has 0 aromatic heterocycles. The SMILES string of the molecule is CN(C/C=C/C=C/c1ccc(-c2ccccc2)cc1)Cc1ccc2c(c1)OCCC2.O=C(O)C(O)C(O)C(=O)O. The molecule has 0 saturated heterocycles. The number of ether oxygens (including phenoxy) is 1. The molecule has 8 heteroatoms. The molecule has 40 heavy (non-hydrogen) atoms. The molecule has 4 rings (SSSR count). The number of aliphatic hydroxyl groups is 2. The fourth-order valence-electron chi connectivity index (χ4n) is 4.03. The summed E-state index contributed by atoms with van der Waals surface area (Å²) >= 11 is 0. The van der Waals surface area contributed by atoms with Gasteiger partial charge in [-0.3, -0.25) is 4.90 Å². The third kappa shape index (κ3) is 9.50. The van der Waals surface area contributed by atoms with Gasteiger partial charge < -0.3 is 25.2 Å². The average molecular weight is 546 g/mol. The summed E-state index contributed by atoms with van der Waals surface area (Å²) in [7, 11) is 2.15. The summed E-state index contributed by atoms with van der Waals surface area (Å²) in [5, 5.41) is 32.5. The molecule has 1 heterocycles. The number of carboxylic acid groups (broad SMARTS) is 2. The van der Waals surface area contributed by atoms with Gasteiger partial charge in [-0.05, 0) is 53.8 Å². The molecule has 0 amide bonds. The van der Waals surface area contributed by atoms with Gasteiger partial charge in [-0.25, -0.2) is 9.59 Å². The highest BCUT2D eigenvalue weighted by Gasteiger charge is 2.29. The highest BCUT2D eigenvalue weighted by Crippen LogP contribution is 2.26. The molecule has 0 spiro atoms. The smallest absolute Gasteiger partial charge is 0.335 e. The lowest BCUT2D eigenvalue weighted by Crippen LogP contribution is -2.39. The van der Waals surface area contributed by atoms with Crippen molar-refractivity contribution in [2.45, 2.75) is 31.6 Å². The zero-order valence-corrected chi connectivity index (χ0v) is 22.4. The zero-order chi connectivity index (χ0) is 28.9. The van der Waals surface area contributed by atoms with E-state index in [-0.39, 0.29) is 0 Å². The molecule has 2 unspecified atom stereocenters. The number of hydrogen-bond donors (Lipinski definition) is 4. The maximum Gasteiger partial charge on any atom is 0.335 e. The Morgan fingerprint density at radius 1 is 0.900 bits per heavy atom. The zero-order valence-electron chi connectivity index (χ0n) is 22.4. The van der Waals surface area contributed by atoms with E-state index in [1.54, 1.807) is 0 Å². The van der Waals surface area contributed by atoms with Crippen molar-refractivity contribution in [2.75, 3.05) is 20.2 Å². The van der Waals surface area contributed by atoms with Crippen molar-refractivity contribution in [3.63, 3.8) is 0 Å². The number of allylic oxidation sites excluding steroid dienone is 2. The number of fused-ring (bicyclic) bond motifs is 1. The van der Waals surface area contributed by atoms with Crippen molar-refractivity contribution in [3.05, 3.63) is 108 Å². The largest absolute Gasteiger partial charge is 0.493 e. The number of rotatable bonds is 10. The summed E-state index contributed by atoms with van der Waals surface area (Å²) in [4.78, 5) is 21.9. The van der Waals surface area contributed by atoms with Crippen LogP contribution in [0.5, 0.6) is 5.75 Å². The lowest BCUT2D eigenvalue weighted by molar-refractivity contribution is -0.165. The molecule has 3 aromatic rings. The first-order valence-corrected chi connectivity index (χ1v) is 13.0. The molecule has 0 radical (unpaired) electrons. The van der Waals surface area contributed by atoms with Crippen LogP contribution in [0.15, 0.2) is 91.0 Å². The number of aliphatic hydroxyl groups excluding tert-OH is 2. The van der Waals surface area contributed by atoms with E-state index in [0.717, 1.165) is 38.3 Å². The molecule has 0 saturated carbocycles. The predicted octanol–water partition coefficient (Wildman–Crippen LogP) is 4.26. The Bertz CT molecular complexity index is 1280. The fraction of sp³-hybridized carbons (Fsp3) is 0.250. The summed E-state index contributed by atoms with van der Waals surface area (Å²) in [5.41, 5.74) is 6.36. The van der Waals surface area contributed by atoms with Crippen LogP contribution in [-0.4, -0.2) is 69.7 Å². The van der Waals surface area contributed by atoms with E-state index in [2.05, 4.69) is 103 Å². The molecule has 0 fully saturated rings. The summed E-state index contributed by atoms with van der Waals surface area (Å²) in [6, 6.07) is 25.8. The molecule has 0 aliphatic carbocycles. The van der Waals surface area contributed by atoms with E-state index in [1.807, 2.05) is 6.07 Å². The summed E-state index contributed by atoms with van der Waals surface area (Å²) in [5.74, 6) is -2.46. The summed E-state index contributed by atoms with van der Waals surface area (Å²) in [6.07, 6.45) is 6.30. The number of hydrogen-bond acceptors (Lipinski definition) is 6. The van der Waals surface area contributed by atoms with Gasteiger partial charge in [0.25, 0.3) is 0 Å². The highest BCUT2D eigenvalue weighted by atomic mass is 16.5. The molecule has 1 aliphatic heterocycles. The average Bonchev–Trinajstić information content (AvgIpc) is 2.97. The van der Waals surface area contributed by atoms with Crippen molar-refractivity contribution < 1.29 is 34.8 Å². The Kier molecular flexibility index (Phi) is 11.6. The Labute approximate surface area is 234 Å². The molecule has 4 N–H and O–H groups in total. The van der Waals surface area contributed by atoms with Crippen LogP contribution in [0.2, 0.25) is 0 Å². The first-order valence-electron chi connectivity index (χ1n) is 13.0. The number of aliphatic carboxylic acids is 2. The first-order chi connectivity index (χ1) is 19.2. The molecule has 0 bridgehead atoms. The lowest BCUT2D eigenvalue weighted by Gasteiger charge is -2.20. The number of benzene rings is 3. The Balaban J connectivity index is 0.000000378. The van der Waals surface area contributed by atoms with Gasteiger partial charge in [-0.2, -0.15) is 0 Å². The van der Waals surface area contributed by atoms with Crippen LogP contribution in [0.25, 0.3) is 17.2 Å². The number of likely N-dealkylation sites (N-methyl/N-ethyl adjacent to an activating group) is 1. The van der Waals surface area contributed by atoms with Crippen LogP contribution in [0, 0.1) is 0 Å². The first kappa shape index (κ1) is 30.3. The van der Waals surface area contributed by atoms with E-state index in [1.165, 1.54) is 27.8 Å². The summed E-state index contributed by atoms with van der Waals surface area (Å²) < 4.78 is 5.79. The molecule has 8 nitrogen and oxygen atoms in total. The van der Waals surface area contributed by atoms with E-state index < -0.39 is 24.1 Å². The Hall–Kier alpha value is -4.24. The normalized spacial score (nSPS) is 14.2. The fourth-order valence-corrected chi connectivity index (χ4v) is 4.03. The number of carbonyl (C=O) groups is 2. The standard InChI is InChI=1S/C28H29NO.C4H6O6/c1-29(22-24-15-18-27-12-8-20-30-28(27)21-24)19-7-3-4-9-23-13-16-26(17-14-23)25-10-5-2-6-11-25;5-1(3(7)8)2(6)4(9)10/h2-7,9-11,13-18,21H,8,12,19-20,22H2,1H3;1-2,5-6H,(H,7,8)(H,9,10)/b7-3+,9-4+;. The van der Waals surface area contributed by atoms with Gasteiger partial charge in [-0.15, -0.1) is 0 Å². The van der Waals surface area contributed by atoms with Crippen LogP contribution >= 0.6 is 0 Å². The van der Waals surface area contributed by atoms with Gasteiger partial charge >= 0.3 is 11.9 Å². The van der Waals surface area contributed by atoms with E-state index >= 15 is 0 Å². The second kappa shape index (κ2) is 15.4. The molecule has 3 aromatic carbocycles. The van der Waals surface area contributed by atoms with Crippen LogP contribution in [0.1, 0.15) is 23.1 Å². The van der Waals surface area contributed by atoms with Crippen LogP contribution in [-0.2, 0) is 22.6 Å². The maximum absolute atomic E-state index is 9.77. The second-order valence-electron chi connectivity index (χ2n) is 9.43. The van der Waals surface area contributed by atoms with Crippen LogP contribution < -0.4 is 4.74 Å². The Morgan fingerprint density at radius 3 is 2.20 bits per heavy atom. The minimum Gasteiger partial charge on any atom is -0.493 e. The predicted molar refractivity (Wildman–Crippen MR) is 154 cm³/mol. The van der Waals surface area contributed by atoms with Gasteiger partial charge in [0.15, 0.2) is 12.2 Å². The monoisotopic (exact) mass is 545 g/mol. The minimum atomic E-state index is -2.27. The van der Waals surface area contributed by atoms with Gasteiger partial charge in [0.1, 0.15) is 5.75 Å². The van der Waals surface area contributed by atoms with Gasteiger partial charge in [-0.1, -0.05) is 91.0 Å². The quantitative estimate of drug-likeness (QED) is 0.279. The molecule has 2 atom stereocenters. The third-order valence-corrected chi connectivity index (χ3v) is 6.21. The van der Waals surface area contributed by atoms with Crippen molar-refractivity contribution in [2.24, 2.45) is 0 Å². The van der Waals surface area contributed by atoms with E-state index in [9.17, 15) is 9.59 Å². The van der Waals surface area contributed by atoms with Crippen LogP contribution in [0.4, 0.5) is 0 Å². The minimum absolute atomic E-state index is 0.844. The number of aryl methyl sites for hydroxylation is 1. The van der Waals surface area contributed by atoms with Crippen molar-refractivity contribution in [1.29, 1.82) is 0 Å².